The van der Waals surface area contributed by atoms with Gasteiger partial charge in [0.15, 0.2) is 12.1 Å². The fourth-order valence-corrected chi connectivity index (χ4v) is 4.50. The van der Waals surface area contributed by atoms with Crippen molar-refractivity contribution in [3.8, 4) is 0 Å². The van der Waals surface area contributed by atoms with Gasteiger partial charge in [-0.05, 0) is 19.4 Å². The summed E-state index contributed by atoms with van der Waals surface area (Å²) < 4.78 is 88.1. The summed E-state index contributed by atoms with van der Waals surface area (Å²) in [5.41, 5.74) is -4.92. The molecule has 3 aliphatic rings. The highest BCUT2D eigenvalue weighted by atomic mass is 32.2. The number of carbonyl (C=O) groups excluding carboxylic acids is 1. The highest BCUT2D eigenvalue weighted by Crippen LogP contribution is 2.45. The number of rotatable bonds is 4. The van der Waals surface area contributed by atoms with E-state index in [-0.39, 0.29) is 6.61 Å². The zero-order valence-corrected chi connectivity index (χ0v) is 17.3. The van der Waals surface area contributed by atoms with Gasteiger partial charge in [0.25, 0.3) is 0 Å². The highest BCUT2D eigenvalue weighted by molar-refractivity contribution is 7.87. The predicted molar refractivity (Wildman–Crippen MR) is 95.7 cm³/mol. The molecule has 13 heteroatoms. The number of amides is 1. The van der Waals surface area contributed by atoms with Crippen molar-refractivity contribution in [2.45, 2.75) is 62.4 Å². The highest BCUT2D eigenvalue weighted by Gasteiger charge is 2.64. The molecule has 0 saturated carbocycles. The van der Waals surface area contributed by atoms with Gasteiger partial charge in [0.2, 0.25) is 0 Å². The van der Waals surface area contributed by atoms with E-state index >= 15 is 0 Å². The molecule has 1 aromatic rings. The predicted octanol–water partition coefficient (Wildman–Crippen LogP) is 2.12. The molecular weight excluding hydrogens is 447 g/mol. The summed E-state index contributed by atoms with van der Waals surface area (Å²) in [6.45, 7) is 2.64. The molecule has 0 bridgehead atoms. The molecular formula is C18H20F3NO8S. The van der Waals surface area contributed by atoms with Crippen LogP contribution in [0.1, 0.15) is 19.4 Å². The summed E-state index contributed by atoms with van der Waals surface area (Å²) >= 11 is 0. The maximum Gasteiger partial charge on any atom is 0.523 e. The van der Waals surface area contributed by atoms with E-state index in [2.05, 4.69) is 4.18 Å². The monoisotopic (exact) mass is 467 g/mol. The van der Waals surface area contributed by atoms with Crippen molar-refractivity contribution < 1.29 is 49.5 Å². The smallest absolute Gasteiger partial charge is 0.445 e. The van der Waals surface area contributed by atoms with Crippen molar-refractivity contribution in [1.82, 2.24) is 4.90 Å². The van der Waals surface area contributed by atoms with Gasteiger partial charge in [0.05, 0.1) is 12.6 Å². The third kappa shape index (κ3) is 4.24. The van der Waals surface area contributed by atoms with Crippen molar-refractivity contribution in [2.24, 2.45) is 0 Å². The van der Waals surface area contributed by atoms with Crippen molar-refractivity contribution in [3.63, 3.8) is 0 Å². The van der Waals surface area contributed by atoms with Gasteiger partial charge in [0, 0.05) is 0 Å². The fourth-order valence-electron chi connectivity index (χ4n) is 3.90. The molecule has 0 N–H and O–H groups in total. The molecule has 172 valence electrons. The quantitative estimate of drug-likeness (QED) is 0.491. The number of likely N-dealkylation sites (tertiary alicyclic amines) is 1. The van der Waals surface area contributed by atoms with Gasteiger partial charge in [-0.1, -0.05) is 30.3 Å². The first-order chi connectivity index (χ1) is 14.4. The molecule has 3 aliphatic heterocycles. The second kappa shape index (κ2) is 7.59. The van der Waals surface area contributed by atoms with Gasteiger partial charge >= 0.3 is 21.7 Å². The molecule has 3 saturated heterocycles. The molecule has 1 amide bonds. The first kappa shape index (κ1) is 22.3. The number of hydrogen-bond donors (Lipinski definition) is 0. The molecule has 0 aliphatic carbocycles. The molecule has 0 aromatic heterocycles. The van der Waals surface area contributed by atoms with E-state index in [0.717, 1.165) is 4.90 Å². The van der Waals surface area contributed by atoms with Gasteiger partial charge in [-0.3, -0.25) is 9.08 Å². The van der Waals surface area contributed by atoms with Gasteiger partial charge in [-0.2, -0.15) is 21.6 Å². The second-order valence-corrected chi connectivity index (χ2v) is 9.35. The summed E-state index contributed by atoms with van der Waals surface area (Å²) in [7, 11) is -5.91. The minimum Gasteiger partial charge on any atom is -0.445 e. The Hall–Kier alpha value is -1.93. The maximum absolute atomic E-state index is 12.8. The lowest BCUT2D eigenvalue weighted by Gasteiger charge is -2.27. The number of nitrogens with zero attached hydrogens (tertiary/aromatic N) is 1. The molecule has 0 unspecified atom stereocenters. The Kier molecular flexibility index (Phi) is 5.45. The maximum atomic E-state index is 12.8. The molecule has 3 fully saturated rings. The molecule has 9 nitrogen and oxygen atoms in total. The third-order valence-corrected chi connectivity index (χ3v) is 6.20. The van der Waals surface area contributed by atoms with Crippen molar-refractivity contribution in [2.75, 3.05) is 6.54 Å². The Balaban J connectivity index is 1.54. The number of alkyl halides is 3. The van der Waals surface area contributed by atoms with E-state index in [1.807, 2.05) is 0 Å². The van der Waals surface area contributed by atoms with Crippen LogP contribution in [0.15, 0.2) is 30.3 Å². The lowest BCUT2D eigenvalue weighted by atomic mass is 10.1. The van der Waals surface area contributed by atoms with Crippen molar-refractivity contribution in [3.05, 3.63) is 35.9 Å². The van der Waals surface area contributed by atoms with Gasteiger partial charge in [-0.25, -0.2) is 4.79 Å². The van der Waals surface area contributed by atoms with Crippen LogP contribution < -0.4 is 0 Å². The molecule has 0 spiro atoms. The topological polar surface area (TPSA) is 101 Å². The van der Waals surface area contributed by atoms with Gasteiger partial charge in [-0.15, -0.1) is 0 Å². The van der Waals surface area contributed by atoms with Crippen LogP contribution in [0.3, 0.4) is 0 Å². The first-order valence-electron chi connectivity index (χ1n) is 9.36. The van der Waals surface area contributed by atoms with Crippen molar-refractivity contribution >= 4 is 16.2 Å². The number of halogens is 3. The Morgan fingerprint density at radius 1 is 1.19 bits per heavy atom. The zero-order chi connectivity index (χ0) is 22.6. The van der Waals surface area contributed by atoms with Gasteiger partial charge < -0.3 is 18.9 Å². The lowest BCUT2D eigenvalue weighted by Crippen LogP contribution is -2.46. The number of ether oxygens (including phenoxy) is 4. The molecule has 5 atom stereocenters. The van der Waals surface area contributed by atoms with E-state index in [9.17, 15) is 26.4 Å². The average molecular weight is 467 g/mol. The lowest BCUT2D eigenvalue weighted by molar-refractivity contribution is -0.211. The summed E-state index contributed by atoms with van der Waals surface area (Å²) in [6, 6.07) is 7.79. The third-order valence-electron chi connectivity index (χ3n) is 5.13. The normalized spacial score (nSPS) is 32.0. The largest absolute Gasteiger partial charge is 0.523 e. The standard InChI is InChI=1S/C18H20F3NO8S/c1-17(2)28-14-12-13(27-15(14)29-17)11(30-31(24,25)18(19,20)21)8-22(12)16(23)26-9-10-6-4-3-5-7-10/h3-7,11-15H,8-9H2,1-2H3/t11-,12+,13-,14-,15-/m1/s1. The number of benzene rings is 1. The van der Waals surface area contributed by atoms with Gasteiger partial charge in [0.1, 0.15) is 24.9 Å². The van der Waals surface area contributed by atoms with E-state index in [4.69, 9.17) is 18.9 Å². The van der Waals surface area contributed by atoms with E-state index in [0.29, 0.717) is 5.56 Å². The first-order valence-corrected chi connectivity index (χ1v) is 10.8. The van der Waals surface area contributed by atoms with Crippen LogP contribution in [0.2, 0.25) is 0 Å². The van der Waals surface area contributed by atoms with Crippen LogP contribution in [0.5, 0.6) is 0 Å². The fraction of sp³-hybridized carbons (Fsp3) is 0.611. The molecule has 1 aromatic carbocycles. The average Bonchev–Trinajstić information content (AvgIpc) is 3.26. The zero-order valence-electron chi connectivity index (χ0n) is 16.4. The Morgan fingerprint density at radius 2 is 1.87 bits per heavy atom. The Morgan fingerprint density at radius 3 is 2.52 bits per heavy atom. The number of fused-ring (bicyclic) bond motifs is 3. The molecule has 4 rings (SSSR count). The summed E-state index contributed by atoms with van der Waals surface area (Å²) in [5, 5.41) is 0. The summed E-state index contributed by atoms with van der Waals surface area (Å²) in [6.07, 6.45) is -5.55. The molecule has 31 heavy (non-hydrogen) atoms. The summed E-state index contributed by atoms with van der Waals surface area (Å²) in [5.74, 6) is -1.06. The van der Waals surface area contributed by atoms with Crippen LogP contribution >= 0.6 is 0 Å². The Labute approximate surface area is 176 Å². The van der Waals surface area contributed by atoms with Crippen LogP contribution in [0, 0.1) is 0 Å². The number of hydrogen-bond acceptors (Lipinski definition) is 8. The van der Waals surface area contributed by atoms with E-state index in [1.54, 1.807) is 44.2 Å². The second-order valence-electron chi connectivity index (χ2n) is 7.79. The van der Waals surface area contributed by atoms with Crippen LogP contribution in [-0.4, -0.2) is 67.9 Å². The molecule has 0 radical (unpaired) electrons. The molecule has 3 heterocycles. The minimum absolute atomic E-state index is 0.0856. The van der Waals surface area contributed by atoms with Crippen LogP contribution in [-0.2, 0) is 39.9 Å². The van der Waals surface area contributed by atoms with Crippen LogP contribution in [0.4, 0.5) is 18.0 Å². The minimum atomic E-state index is -5.91. The Bertz CT molecular complexity index is 939. The van der Waals surface area contributed by atoms with E-state index in [1.165, 1.54) is 0 Å². The number of carbonyl (C=O) groups is 1. The van der Waals surface area contributed by atoms with Crippen molar-refractivity contribution in [1.29, 1.82) is 0 Å². The summed E-state index contributed by atoms with van der Waals surface area (Å²) in [4.78, 5) is 13.8. The SMILES string of the molecule is CC1(C)O[C@H]2O[C@H]3[C@@H]([C@H]2O1)N(C(=O)OCc1ccccc1)C[C@H]3OS(=O)(=O)C(F)(F)F. The van der Waals surface area contributed by atoms with Crippen LogP contribution in [0.25, 0.3) is 0 Å². The van der Waals surface area contributed by atoms with E-state index < -0.39 is 64.7 Å².